The quantitative estimate of drug-likeness (QED) is 0.309. The van der Waals surface area contributed by atoms with E-state index in [1.807, 2.05) is 65.0 Å². The highest BCUT2D eigenvalue weighted by Crippen LogP contribution is 2.35. The number of amides is 1. The van der Waals surface area contributed by atoms with Gasteiger partial charge in [-0.3, -0.25) is 14.2 Å². The molecular formula is C23H21N3O3S3. The summed E-state index contributed by atoms with van der Waals surface area (Å²) in [6.07, 6.45) is 0. The highest BCUT2D eigenvalue weighted by molar-refractivity contribution is 8.00. The Morgan fingerprint density at radius 3 is 2.62 bits per heavy atom. The van der Waals surface area contributed by atoms with Crippen molar-refractivity contribution in [3.63, 3.8) is 0 Å². The SMILES string of the molecule is CC(Sc1nc2scc(-c3cccs3)c2c(=O)n1-c1ccccc1)C(=O)N1CCOCC1. The van der Waals surface area contributed by atoms with Gasteiger partial charge in [0.25, 0.3) is 5.56 Å². The number of thiophene rings is 2. The van der Waals surface area contributed by atoms with Gasteiger partial charge in [-0.1, -0.05) is 36.0 Å². The first-order chi connectivity index (χ1) is 15.6. The van der Waals surface area contributed by atoms with Crippen LogP contribution in [-0.4, -0.2) is 51.9 Å². The maximum absolute atomic E-state index is 13.8. The Hall–Kier alpha value is -2.46. The number of ether oxygens (including phenoxy) is 1. The van der Waals surface area contributed by atoms with E-state index in [1.165, 1.54) is 23.1 Å². The number of para-hydroxylation sites is 1. The van der Waals surface area contributed by atoms with E-state index in [4.69, 9.17) is 9.72 Å². The van der Waals surface area contributed by atoms with Gasteiger partial charge in [0.05, 0.1) is 29.5 Å². The molecule has 1 amide bonds. The van der Waals surface area contributed by atoms with E-state index in [2.05, 4.69) is 0 Å². The third-order valence-corrected chi connectivity index (χ3v) is 8.15. The van der Waals surface area contributed by atoms with Crippen molar-refractivity contribution in [1.29, 1.82) is 0 Å². The second kappa shape index (κ2) is 9.19. The zero-order chi connectivity index (χ0) is 22.1. The van der Waals surface area contributed by atoms with Crippen molar-refractivity contribution in [1.82, 2.24) is 14.5 Å². The Balaban J connectivity index is 1.60. The van der Waals surface area contributed by atoms with E-state index >= 15 is 0 Å². The first kappa shape index (κ1) is 21.4. The number of carbonyl (C=O) groups excluding carboxylic acids is 1. The Morgan fingerprint density at radius 1 is 1.12 bits per heavy atom. The van der Waals surface area contributed by atoms with Crippen LogP contribution in [0.3, 0.4) is 0 Å². The van der Waals surface area contributed by atoms with Gasteiger partial charge in [-0.15, -0.1) is 22.7 Å². The second-order valence-electron chi connectivity index (χ2n) is 7.38. The Morgan fingerprint density at radius 2 is 1.91 bits per heavy atom. The van der Waals surface area contributed by atoms with Crippen LogP contribution in [0.4, 0.5) is 0 Å². The molecule has 5 rings (SSSR count). The van der Waals surface area contributed by atoms with Crippen LogP contribution in [0.25, 0.3) is 26.3 Å². The lowest BCUT2D eigenvalue weighted by molar-refractivity contribution is -0.134. The van der Waals surface area contributed by atoms with Crippen LogP contribution in [0.1, 0.15) is 6.92 Å². The van der Waals surface area contributed by atoms with Crippen LogP contribution in [0.15, 0.2) is 63.2 Å². The molecule has 3 aromatic heterocycles. The van der Waals surface area contributed by atoms with Crippen LogP contribution in [0.2, 0.25) is 0 Å². The maximum Gasteiger partial charge on any atom is 0.268 e. The molecule has 0 bridgehead atoms. The zero-order valence-corrected chi connectivity index (χ0v) is 19.8. The molecule has 1 aliphatic heterocycles. The minimum Gasteiger partial charge on any atom is -0.378 e. The van der Waals surface area contributed by atoms with Crippen LogP contribution in [0, 0.1) is 0 Å². The number of morpholine rings is 1. The highest BCUT2D eigenvalue weighted by Gasteiger charge is 2.26. The van der Waals surface area contributed by atoms with Crippen LogP contribution in [0.5, 0.6) is 0 Å². The summed E-state index contributed by atoms with van der Waals surface area (Å²) >= 11 is 4.40. The number of aromatic nitrogens is 2. The van der Waals surface area contributed by atoms with Crippen molar-refractivity contribution in [3.8, 4) is 16.1 Å². The Bertz CT molecular complexity index is 1290. The molecule has 164 valence electrons. The number of thioether (sulfide) groups is 1. The number of hydrogen-bond acceptors (Lipinski definition) is 7. The van der Waals surface area contributed by atoms with E-state index < -0.39 is 0 Å². The number of hydrogen-bond donors (Lipinski definition) is 0. The van der Waals surface area contributed by atoms with Crippen molar-refractivity contribution < 1.29 is 9.53 Å². The largest absolute Gasteiger partial charge is 0.378 e. The number of nitrogens with zero attached hydrogens (tertiary/aromatic N) is 3. The molecule has 0 saturated carbocycles. The molecule has 4 aromatic rings. The predicted octanol–water partition coefficient (Wildman–Crippen LogP) is 4.52. The highest BCUT2D eigenvalue weighted by atomic mass is 32.2. The topological polar surface area (TPSA) is 64.4 Å². The second-order valence-corrected chi connectivity index (χ2v) is 10.5. The van der Waals surface area contributed by atoms with Gasteiger partial charge in [0.1, 0.15) is 4.83 Å². The molecule has 1 fully saturated rings. The first-order valence-electron chi connectivity index (χ1n) is 10.3. The van der Waals surface area contributed by atoms with Crippen molar-refractivity contribution in [3.05, 3.63) is 63.6 Å². The molecule has 0 radical (unpaired) electrons. The monoisotopic (exact) mass is 483 g/mol. The Kier molecular flexibility index (Phi) is 6.14. The van der Waals surface area contributed by atoms with Gasteiger partial charge in [-0.05, 0) is 30.5 Å². The molecule has 1 aromatic carbocycles. The molecule has 9 heteroatoms. The number of benzene rings is 1. The molecule has 32 heavy (non-hydrogen) atoms. The molecule has 0 aliphatic carbocycles. The summed E-state index contributed by atoms with van der Waals surface area (Å²) in [5, 5.41) is 4.78. The van der Waals surface area contributed by atoms with E-state index in [0.717, 1.165) is 16.1 Å². The lowest BCUT2D eigenvalue weighted by Crippen LogP contribution is -2.44. The summed E-state index contributed by atoms with van der Waals surface area (Å²) in [5.74, 6) is 0.0395. The summed E-state index contributed by atoms with van der Waals surface area (Å²) < 4.78 is 7.00. The van der Waals surface area contributed by atoms with Crippen molar-refractivity contribution >= 4 is 50.6 Å². The summed E-state index contributed by atoms with van der Waals surface area (Å²) in [5.41, 5.74) is 1.54. The van der Waals surface area contributed by atoms with Crippen LogP contribution in [-0.2, 0) is 9.53 Å². The smallest absolute Gasteiger partial charge is 0.268 e. The molecule has 1 saturated heterocycles. The predicted molar refractivity (Wildman–Crippen MR) is 131 cm³/mol. The molecular weight excluding hydrogens is 462 g/mol. The van der Waals surface area contributed by atoms with E-state index in [1.54, 1.807) is 15.9 Å². The molecule has 1 atom stereocenters. The Labute approximate surface area is 197 Å². The minimum atomic E-state index is -0.371. The van der Waals surface area contributed by atoms with Gasteiger partial charge < -0.3 is 9.64 Å². The van der Waals surface area contributed by atoms with Gasteiger partial charge >= 0.3 is 0 Å². The maximum atomic E-state index is 13.8. The summed E-state index contributed by atoms with van der Waals surface area (Å²) in [4.78, 5) is 35.2. The molecule has 1 aliphatic rings. The van der Waals surface area contributed by atoms with Gasteiger partial charge in [0.2, 0.25) is 5.91 Å². The molecule has 4 heterocycles. The third kappa shape index (κ3) is 4.01. The van der Waals surface area contributed by atoms with Gasteiger partial charge in [-0.25, -0.2) is 4.98 Å². The molecule has 1 unspecified atom stereocenters. The fraction of sp³-hybridized carbons (Fsp3) is 0.261. The van der Waals surface area contributed by atoms with E-state index in [9.17, 15) is 9.59 Å². The third-order valence-electron chi connectivity index (χ3n) is 5.33. The fourth-order valence-electron chi connectivity index (χ4n) is 3.72. The standard InChI is InChI=1S/C23H21N3O3S3/c1-15(21(27)25-9-11-29-12-10-25)32-23-24-20-19(17(14-31-20)18-8-5-13-30-18)22(28)26(23)16-6-3-2-4-7-16/h2-8,13-15H,9-12H2,1H3. The zero-order valence-electron chi connectivity index (χ0n) is 17.4. The summed E-state index contributed by atoms with van der Waals surface area (Å²) in [6.45, 7) is 4.18. The van der Waals surface area contributed by atoms with Crippen molar-refractivity contribution in [2.75, 3.05) is 26.3 Å². The summed E-state index contributed by atoms with van der Waals surface area (Å²) in [6, 6.07) is 13.5. The normalized spacial score (nSPS) is 15.2. The average Bonchev–Trinajstić information content (AvgIpc) is 3.50. The van der Waals surface area contributed by atoms with Gasteiger partial charge in [0.15, 0.2) is 5.16 Å². The number of fused-ring (bicyclic) bond motifs is 1. The number of carbonyl (C=O) groups is 1. The van der Waals surface area contributed by atoms with Gasteiger partial charge in [-0.2, -0.15) is 0 Å². The first-order valence-corrected chi connectivity index (χ1v) is 12.9. The molecule has 0 N–H and O–H groups in total. The molecule has 0 spiro atoms. The van der Waals surface area contributed by atoms with E-state index in [-0.39, 0.29) is 16.7 Å². The fourth-order valence-corrected chi connectivity index (χ4v) is 6.53. The van der Waals surface area contributed by atoms with Crippen molar-refractivity contribution in [2.45, 2.75) is 17.3 Å². The van der Waals surface area contributed by atoms with Crippen LogP contribution >= 0.6 is 34.4 Å². The van der Waals surface area contributed by atoms with Gasteiger partial charge in [0, 0.05) is 28.9 Å². The van der Waals surface area contributed by atoms with Crippen LogP contribution < -0.4 is 5.56 Å². The minimum absolute atomic E-state index is 0.0395. The number of rotatable bonds is 5. The van der Waals surface area contributed by atoms with Crippen molar-refractivity contribution in [2.24, 2.45) is 0 Å². The van der Waals surface area contributed by atoms with E-state index in [0.29, 0.717) is 41.7 Å². The lowest BCUT2D eigenvalue weighted by Gasteiger charge is -2.29. The molecule has 6 nitrogen and oxygen atoms in total. The average molecular weight is 484 g/mol. The lowest BCUT2D eigenvalue weighted by atomic mass is 10.2. The summed E-state index contributed by atoms with van der Waals surface area (Å²) in [7, 11) is 0.